The Balaban J connectivity index is 1.94. The lowest BCUT2D eigenvalue weighted by Crippen LogP contribution is -2.47. The molecule has 2 atom stereocenters. The number of hydrogen-bond donors (Lipinski definition) is 2. The molecule has 0 fully saturated rings. The molecule has 30 heavy (non-hydrogen) atoms. The molecule has 2 amide bonds. The van der Waals surface area contributed by atoms with Crippen LogP contribution in [0, 0.1) is 5.92 Å². The smallest absolute Gasteiger partial charge is 0.329 e. The van der Waals surface area contributed by atoms with E-state index < -0.39 is 24.0 Å². The molecule has 2 aromatic rings. The zero-order valence-corrected chi connectivity index (χ0v) is 17.7. The highest BCUT2D eigenvalue weighted by atomic mass is 16.5. The third kappa shape index (κ3) is 6.92. The first-order chi connectivity index (χ1) is 14.3. The molecule has 2 rings (SSSR count). The SMILES string of the molecule is COc1cccc(NC(=O)[C@H](C)OC(=O)[C@@H](NC(=O)Cc2ccccc2)C(C)C)c1. The van der Waals surface area contributed by atoms with Crippen LogP contribution in [0.15, 0.2) is 54.6 Å². The Morgan fingerprint density at radius 2 is 1.67 bits per heavy atom. The van der Waals surface area contributed by atoms with Crippen LogP contribution >= 0.6 is 0 Å². The van der Waals surface area contributed by atoms with E-state index in [0.29, 0.717) is 11.4 Å². The van der Waals surface area contributed by atoms with E-state index in [-0.39, 0.29) is 18.2 Å². The summed E-state index contributed by atoms with van der Waals surface area (Å²) in [6.07, 6.45) is -0.876. The summed E-state index contributed by atoms with van der Waals surface area (Å²) >= 11 is 0. The average Bonchev–Trinajstić information content (AvgIpc) is 2.72. The van der Waals surface area contributed by atoms with Crippen molar-refractivity contribution in [2.45, 2.75) is 39.3 Å². The van der Waals surface area contributed by atoms with Crippen molar-refractivity contribution >= 4 is 23.5 Å². The molecule has 160 valence electrons. The Morgan fingerprint density at radius 1 is 0.967 bits per heavy atom. The van der Waals surface area contributed by atoms with Gasteiger partial charge in [-0.3, -0.25) is 9.59 Å². The maximum Gasteiger partial charge on any atom is 0.329 e. The topological polar surface area (TPSA) is 93.7 Å². The molecule has 0 saturated carbocycles. The predicted octanol–water partition coefficient (Wildman–Crippen LogP) is 2.95. The number of esters is 1. The zero-order valence-electron chi connectivity index (χ0n) is 17.7. The van der Waals surface area contributed by atoms with Gasteiger partial charge in [0.2, 0.25) is 5.91 Å². The Bertz CT molecular complexity index is 867. The molecule has 0 saturated heterocycles. The van der Waals surface area contributed by atoms with Crippen LogP contribution in [0.3, 0.4) is 0 Å². The zero-order chi connectivity index (χ0) is 22.1. The molecule has 2 aromatic carbocycles. The number of rotatable bonds is 9. The van der Waals surface area contributed by atoms with Crippen LogP contribution in [0.4, 0.5) is 5.69 Å². The van der Waals surface area contributed by atoms with Gasteiger partial charge >= 0.3 is 5.97 Å². The minimum Gasteiger partial charge on any atom is -0.497 e. The van der Waals surface area contributed by atoms with Gasteiger partial charge in [-0.15, -0.1) is 0 Å². The number of anilines is 1. The lowest BCUT2D eigenvalue weighted by molar-refractivity contribution is -0.157. The highest BCUT2D eigenvalue weighted by molar-refractivity contribution is 5.96. The van der Waals surface area contributed by atoms with Crippen molar-refractivity contribution in [1.29, 1.82) is 0 Å². The number of carbonyl (C=O) groups is 3. The van der Waals surface area contributed by atoms with Crippen molar-refractivity contribution < 1.29 is 23.9 Å². The lowest BCUT2D eigenvalue weighted by atomic mass is 10.0. The first-order valence-corrected chi connectivity index (χ1v) is 9.79. The van der Waals surface area contributed by atoms with Crippen molar-refractivity contribution in [2.75, 3.05) is 12.4 Å². The van der Waals surface area contributed by atoms with Gasteiger partial charge in [0.05, 0.1) is 13.5 Å². The van der Waals surface area contributed by atoms with Gasteiger partial charge in [0, 0.05) is 11.8 Å². The molecule has 0 aromatic heterocycles. The minimum atomic E-state index is -1.03. The number of carbonyl (C=O) groups excluding carboxylic acids is 3. The third-order valence-corrected chi connectivity index (χ3v) is 4.44. The second-order valence-corrected chi connectivity index (χ2v) is 7.25. The second-order valence-electron chi connectivity index (χ2n) is 7.25. The molecule has 0 aliphatic heterocycles. The Morgan fingerprint density at radius 3 is 2.30 bits per heavy atom. The maximum atomic E-state index is 12.6. The number of amides is 2. The Labute approximate surface area is 176 Å². The van der Waals surface area contributed by atoms with E-state index in [9.17, 15) is 14.4 Å². The molecule has 7 heteroatoms. The summed E-state index contributed by atoms with van der Waals surface area (Å²) in [6.45, 7) is 5.09. The van der Waals surface area contributed by atoms with Crippen molar-refractivity contribution in [1.82, 2.24) is 5.32 Å². The van der Waals surface area contributed by atoms with Gasteiger partial charge in [-0.25, -0.2) is 4.79 Å². The highest BCUT2D eigenvalue weighted by Gasteiger charge is 2.29. The van der Waals surface area contributed by atoms with Crippen LogP contribution in [0.25, 0.3) is 0 Å². The van der Waals surface area contributed by atoms with Gasteiger partial charge in [-0.1, -0.05) is 50.2 Å². The van der Waals surface area contributed by atoms with Gasteiger partial charge in [0.15, 0.2) is 6.10 Å². The maximum absolute atomic E-state index is 12.6. The summed E-state index contributed by atoms with van der Waals surface area (Å²) in [5.74, 6) is -1.02. The molecule has 0 aliphatic carbocycles. The standard InChI is InChI=1S/C23H28N2O5/c1-15(2)21(25-20(26)13-17-9-6-5-7-10-17)23(28)30-16(3)22(27)24-18-11-8-12-19(14-18)29-4/h5-12,14-16,21H,13H2,1-4H3,(H,24,27)(H,25,26)/t16-,21-/m0/s1. The molecule has 2 N–H and O–H groups in total. The minimum absolute atomic E-state index is 0.156. The first-order valence-electron chi connectivity index (χ1n) is 9.79. The molecular formula is C23H28N2O5. The fourth-order valence-electron chi connectivity index (χ4n) is 2.75. The molecule has 0 radical (unpaired) electrons. The van der Waals surface area contributed by atoms with Crippen LogP contribution in [0.5, 0.6) is 5.75 Å². The fourth-order valence-corrected chi connectivity index (χ4v) is 2.75. The van der Waals surface area contributed by atoms with Crippen LogP contribution in [0.1, 0.15) is 26.3 Å². The van der Waals surface area contributed by atoms with Gasteiger partial charge in [-0.2, -0.15) is 0 Å². The van der Waals surface area contributed by atoms with Crippen LogP contribution in [-0.2, 0) is 25.5 Å². The molecular weight excluding hydrogens is 384 g/mol. The highest BCUT2D eigenvalue weighted by Crippen LogP contribution is 2.17. The summed E-state index contributed by atoms with van der Waals surface area (Å²) < 4.78 is 10.4. The molecule has 0 spiro atoms. The number of benzene rings is 2. The normalized spacial score (nSPS) is 12.6. The summed E-state index contributed by atoms with van der Waals surface area (Å²) in [4.78, 5) is 37.3. The van der Waals surface area contributed by atoms with E-state index in [4.69, 9.17) is 9.47 Å². The van der Waals surface area contributed by atoms with Gasteiger partial charge in [0.1, 0.15) is 11.8 Å². The number of hydrogen-bond acceptors (Lipinski definition) is 5. The average molecular weight is 412 g/mol. The molecule has 0 bridgehead atoms. The van der Waals surface area contributed by atoms with E-state index in [1.165, 1.54) is 14.0 Å². The van der Waals surface area contributed by atoms with E-state index in [2.05, 4.69) is 10.6 Å². The number of ether oxygens (including phenoxy) is 2. The quantitative estimate of drug-likeness (QED) is 0.618. The first kappa shape index (κ1) is 22.9. The van der Waals surface area contributed by atoms with Gasteiger partial charge in [-0.05, 0) is 30.5 Å². The van der Waals surface area contributed by atoms with E-state index in [1.807, 2.05) is 30.3 Å². The number of methoxy groups -OCH3 is 1. The summed E-state index contributed by atoms with van der Waals surface area (Å²) in [5, 5.41) is 5.39. The van der Waals surface area contributed by atoms with Gasteiger partial charge < -0.3 is 20.1 Å². The van der Waals surface area contributed by atoms with Crippen LogP contribution in [-0.4, -0.2) is 37.0 Å². The Hall–Kier alpha value is -3.35. The summed E-state index contributed by atoms with van der Waals surface area (Å²) in [5.41, 5.74) is 1.37. The van der Waals surface area contributed by atoms with Crippen molar-refractivity contribution in [2.24, 2.45) is 5.92 Å². The summed E-state index contributed by atoms with van der Waals surface area (Å²) in [6, 6.07) is 15.2. The van der Waals surface area contributed by atoms with Crippen molar-refractivity contribution in [3.8, 4) is 5.75 Å². The lowest BCUT2D eigenvalue weighted by Gasteiger charge is -2.23. The van der Waals surface area contributed by atoms with E-state index in [1.54, 1.807) is 38.1 Å². The molecule has 0 heterocycles. The second kappa shape index (κ2) is 11.0. The van der Waals surface area contributed by atoms with Crippen molar-refractivity contribution in [3.05, 3.63) is 60.2 Å². The van der Waals surface area contributed by atoms with Crippen molar-refractivity contribution in [3.63, 3.8) is 0 Å². The van der Waals surface area contributed by atoms with Gasteiger partial charge in [0.25, 0.3) is 5.91 Å². The van der Waals surface area contributed by atoms with Crippen LogP contribution < -0.4 is 15.4 Å². The third-order valence-electron chi connectivity index (χ3n) is 4.44. The molecule has 0 unspecified atom stereocenters. The van der Waals surface area contributed by atoms with E-state index >= 15 is 0 Å². The number of nitrogens with one attached hydrogen (secondary N) is 2. The summed E-state index contributed by atoms with van der Waals surface area (Å²) in [7, 11) is 1.53. The van der Waals surface area contributed by atoms with E-state index in [0.717, 1.165) is 5.56 Å². The Kier molecular flexibility index (Phi) is 8.41. The predicted molar refractivity (Wildman–Crippen MR) is 114 cm³/mol. The monoisotopic (exact) mass is 412 g/mol. The largest absolute Gasteiger partial charge is 0.497 e. The molecule has 0 aliphatic rings. The fraction of sp³-hybridized carbons (Fsp3) is 0.348. The van der Waals surface area contributed by atoms with Crippen LogP contribution in [0.2, 0.25) is 0 Å². The molecule has 7 nitrogen and oxygen atoms in total.